The predicted molar refractivity (Wildman–Crippen MR) is 66.7 cm³/mol. The van der Waals surface area contributed by atoms with E-state index in [-0.39, 0.29) is 0 Å². The second-order valence-electron chi connectivity index (χ2n) is 3.74. The molecule has 2 rings (SSSR count). The Morgan fingerprint density at radius 2 is 2.00 bits per heavy atom. The fraction of sp³-hybridized carbons (Fsp3) is 0.143. The first-order chi connectivity index (χ1) is 7.84. The minimum Gasteiger partial charge on any atom is -0.288 e. The molecule has 0 fully saturated rings. The van der Waals surface area contributed by atoms with Crippen molar-refractivity contribution in [3.63, 3.8) is 0 Å². The number of nitrogens with zero attached hydrogens (tertiary/aromatic N) is 2. The topological polar surface area (TPSA) is 25.2 Å². The van der Waals surface area contributed by atoms with Crippen LogP contribution in [-0.4, -0.2) is 11.2 Å². The summed E-state index contributed by atoms with van der Waals surface area (Å²) in [6.45, 7) is 2.76. The number of pyridine rings is 1. The molecule has 0 atom stereocenters. The summed E-state index contributed by atoms with van der Waals surface area (Å²) in [4.78, 5) is 8.42. The van der Waals surface area contributed by atoms with Gasteiger partial charge >= 0.3 is 0 Å². The zero-order valence-corrected chi connectivity index (χ0v) is 9.30. The quantitative estimate of drug-likeness (QED) is 0.715. The molecule has 0 bridgehead atoms. The summed E-state index contributed by atoms with van der Waals surface area (Å²) in [6, 6.07) is 12.3. The Hall–Kier alpha value is -1.96. The lowest BCUT2D eigenvalue weighted by Gasteiger charge is -1.95. The molecule has 16 heavy (non-hydrogen) atoms. The van der Waals surface area contributed by atoms with E-state index < -0.39 is 0 Å². The lowest BCUT2D eigenvalue weighted by molar-refractivity contribution is 1.05. The van der Waals surface area contributed by atoms with Gasteiger partial charge in [0, 0.05) is 18.6 Å². The molecule has 0 spiro atoms. The first-order valence-electron chi connectivity index (χ1n) is 5.30. The van der Waals surface area contributed by atoms with Gasteiger partial charge in [-0.2, -0.15) is 0 Å². The standard InChI is InChI=1S/C14H14N2/c1-12-4-6-13(7-5-12)9-16-11-14-3-2-8-15-10-14/h2-10H,11H2,1H3. The van der Waals surface area contributed by atoms with Crippen LogP contribution in [0.25, 0.3) is 0 Å². The third-order valence-corrected chi connectivity index (χ3v) is 2.31. The fourth-order valence-corrected chi connectivity index (χ4v) is 1.40. The van der Waals surface area contributed by atoms with Gasteiger partial charge in [0.1, 0.15) is 0 Å². The van der Waals surface area contributed by atoms with E-state index in [1.54, 1.807) is 6.20 Å². The Balaban J connectivity index is 1.98. The van der Waals surface area contributed by atoms with Crippen molar-refractivity contribution in [1.29, 1.82) is 0 Å². The van der Waals surface area contributed by atoms with E-state index in [0.717, 1.165) is 11.1 Å². The van der Waals surface area contributed by atoms with E-state index in [1.807, 2.05) is 24.5 Å². The third kappa shape index (κ3) is 3.02. The predicted octanol–water partition coefficient (Wildman–Crippen LogP) is 3.01. The average Bonchev–Trinajstić information content (AvgIpc) is 2.33. The molecule has 0 aliphatic carbocycles. The van der Waals surface area contributed by atoms with E-state index >= 15 is 0 Å². The summed E-state index contributed by atoms with van der Waals surface area (Å²) in [5.41, 5.74) is 3.53. The fourth-order valence-electron chi connectivity index (χ4n) is 1.40. The molecule has 0 aliphatic rings. The van der Waals surface area contributed by atoms with Gasteiger partial charge in [-0.15, -0.1) is 0 Å². The number of aliphatic imine (C=N–C) groups is 1. The van der Waals surface area contributed by atoms with E-state index in [2.05, 4.69) is 41.2 Å². The van der Waals surface area contributed by atoms with Crippen molar-refractivity contribution >= 4 is 6.21 Å². The molecule has 2 nitrogen and oxygen atoms in total. The minimum absolute atomic E-state index is 0.682. The molecule has 0 radical (unpaired) electrons. The van der Waals surface area contributed by atoms with Gasteiger partial charge in [-0.1, -0.05) is 35.9 Å². The first kappa shape index (κ1) is 10.6. The Morgan fingerprint density at radius 3 is 2.69 bits per heavy atom. The maximum atomic E-state index is 4.38. The van der Waals surface area contributed by atoms with Gasteiger partial charge in [-0.05, 0) is 24.1 Å². The molecule has 0 unspecified atom stereocenters. The van der Waals surface area contributed by atoms with Gasteiger partial charge in [0.05, 0.1) is 6.54 Å². The zero-order chi connectivity index (χ0) is 11.2. The van der Waals surface area contributed by atoms with Crippen molar-refractivity contribution in [3.8, 4) is 0 Å². The van der Waals surface area contributed by atoms with Crippen LogP contribution in [0.1, 0.15) is 16.7 Å². The summed E-state index contributed by atoms with van der Waals surface area (Å²) >= 11 is 0. The van der Waals surface area contributed by atoms with Crippen molar-refractivity contribution < 1.29 is 0 Å². The molecule has 2 heteroatoms. The lowest BCUT2D eigenvalue weighted by atomic mass is 10.2. The van der Waals surface area contributed by atoms with Crippen LogP contribution in [0, 0.1) is 6.92 Å². The van der Waals surface area contributed by atoms with Gasteiger partial charge in [0.2, 0.25) is 0 Å². The highest BCUT2D eigenvalue weighted by atomic mass is 14.7. The SMILES string of the molecule is Cc1ccc(C=NCc2cccnc2)cc1. The van der Waals surface area contributed by atoms with Gasteiger partial charge in [0.25, 0.3) is 0 Å². The molecule has 2 aromatic rings. The van der Waals surface area contributed by atoms with Gasteiger partial charge < -0.3 is 0 Å². The lowest BCUT2D eigenvalue weighted by Crippen LogP contribution is -1.85. The van der Waals surface area contributed by atoms with Crippen LogP contribution in [0.3, 0.4) is 0 Å². The Labute approximate surface area is 95.7 Å². The molecule has 80 valence electrons. The molecular weight excluding hydrogens is 196 g/mol. The normalized spacial score (nSPS) is 10.8. The van der Waals surface area contributed by atoms with Crippen molar-refractivity contribution in [3.05, 3.63) is 65.5 Å². The van der Waals surface area contributed by atoms with Gasteiger partial charge in [-0.25, -0.2) is 0 Å². The first-order valence-corrected chi connectivity index (χ1v) is 5.30. The molecule has 1 heterocycles. The van der Waals surface area contributed by atoms with Crippen LogP contribution in [0.15, 0.2) is 53.8 Å². The Morgan fingerprint density at radius 1 is 1.19 bits per heavy atom. The minimum atomic E-state index is 0.682. The average molecular weight is 210 g/mol. The molecule has 1 aromatic heterocycles. The maximum absolute atomic E-state index is 4.38. The molecule has 0 N–H and O–H groups in total. The van der Waals surface area contributed by atoms with Crippen LogP contribution in [0.2, 0.25) is 0 Å². The van der Waals surface area contributed by atoms with E-state index in [0.29, 0.717) is 6.54 Å². The number of hydrogen-bond acceptors (Lipinski definition) is 2. The van der Waals surface area contributed by atoms with Crippen LogP contribution < -0.4 is 0 Å². The van der Waals surface area contributed by atoms with Crippen molar-refractivity contribution in [1.82, 2.24) is 4.98 Å². The molecular formula is C14H14N2. The molecule has 0 saturated heterocycles. The van der Waals surface area contributed by atoms with Gasteiger partial charge in [0.15, 0.2) is 0 Å². The second-order valence-corrected chi connectivity index (χ2v) is 3.74. The van der Waals surface area contributed by atoms with Crippen LogP contribution in [0.4, 0.5) is 0 Å². The van der Waals surface area contributed by atoms with Crippen molar-refractivity contribution in [2.45, 2.75) is 13.5 Å². The molecule has 0 amide bonds. The monoisotopic (exact) mass is 210 g/mol. The molecule has 1 aromatic carbocycles. The number of benzene rings is 1. The van der Waals surface area contributed by atoms with Crippen LogP contribution >= 0.6 is 0 Å². The molecule has 0 aliphatic heterocycles. The van der Waals surface area contributed by atoms with Crippen molar-refractivity contribution in [2.24, 2.45) is 4.99 Å². The van der Waals surface area contributed by atoms with Gasteiger partial charge in [-0.3, -0.25) is 9.98 Å². The summed E-state index contributed by atoms with van der Waals surface area (Å²) in [5.74, 6) is 0. The zero-order valence-electron chi connectivity index (χ0n) is 9.30. The van der Waals surface area contributed by atoms with E-state index in [4.69, 9.17) is 0 Å². The summed E-state index contributed by atoms with van der Waals surface area (Å²) in [6.07, 6.45) is 5.51. The number of hydrogen-bond donors (Lipinski definition) is 0. The third-order valence-electron chi connectivity index (χ3n) is 2.31. The smallest absolute Gasteiger partial charge is 0.0654 e. The van der Waals surface area contributed by atoms with E-state index in [9.17, 15) is 0 Å². The van der Waals surface area contributed by atoms with Crippen molar-refractivity contribution in [2.75, 3.05) is 0 Å². The highest BCUT2D eigenvalue weighted by Crippen LogP contribution is 2.02. The summed E-state index contributed by atoms with van der Waals surface area (Å²) in [5, 5.41) is 0. The highest BCUT2D eigenvalue weighted by Gasteiger charge is 1.89. The highest BCUT2D eigenvalue weighted by molar-refractivity contribution is 5.79. The summed E-state index contributed by atoms with van der Waals surface area (Å²) in [7, 11) is 0. The van der Waals surface area contributed by atoms with Crippen LogP contribution in [0.5, 0.6) is 0 Å². The number of rotatable bonds is 3. The largest absolute Gasteiger partial charge is 0.288 e. The number of aryl methyl sites for hydroxylation is 1. The Kier molecular flexibility index (Phi) is 3.44. The second kappa shape index (κ2) is 5.21. The maximum Gasteiger partial charge on any atom is 0.0654 e. The van der Waals surface area contributed by atoms with Crippen LogP contribution in [-0.2, 0) is 6.54 Å². The summed E-state index contributed by atoms with van der Waals surface area (Å²) < 4.78 is 0. The number of aromatic nitrogens is 1. The van der Waals surface area contributed by atoms with E-state index in [1.165, 1.54) is 5.56 Å². The Bertz CT molecular complexity index is 458. The molecule has 0 saturated carbocycles.